The maximum absolute atomic E-state index is 12.5. The molecule has 3 heterocycles. The van der Waals surface area contributed by atoms with Gasteiger partial charge in [-0.2, -0.15) is 10.2 Å². The number of anilines is 1. The van der Waals surface area contributed by atoms with E-state index in [0.717, 1.165) is 18.7 Å². The van der Waals surface area contributed by atoms with Crippen LogP contribution in [-0.2, 0) is 11.2 Å². The SMILES string of the molecule is CN(C)c1cc(CC[C@H]2CN(C(=O)c3ccnnc3)CCO2)ccn1. The van der Waals surface area contributed by atoms with Gasteiger partial charge in [0.15, 0.2) is 0 Å². The van der Waals surface area contributed by atoms with E-state index >= 15 is 0 Å². The van der Waals surface area contributed by atoms with Gasteiger partial charge in [-0.3, -0.25) is 4.79 Å². The van der Waals surface area contributed by atoms with Gasteiger partial charge >= 0.3 is 0 Å². The van der Waals surface area contributed by atoms with E-state index < -0.39 is 0 Å². The summed E-state index contributed by atoms with van der Waals surface area (Å²) in [5.74, 6) is 0.936. The number of hydrogen-bond acceptors (Lipinski definition) is 6. The second-order valence-electron chi connectivity index (χ2n) is 6.33. The highest BCUT2D eigenvalue weighted by Gasteiger charge is 2.25. The number of amides is 1. The van der Waals surface area contributed by atoms with Crippen LogP contribution in [0.2, 0.25) is 0 Å². The Labute approximate surface area is 147 Å². The molecule has 1 aliphatic rings. The van der Waals surface area contributed by atoms with Gasteiger partial charge in [0.25, 0.3) is 5.91 Å². The third-order valence-electron chi connectivity index (χ3n) is 4.28. The molecule has 1 atom stereocenters. The minimum atomic E-state index is -0.0120. The summed E-state index contributed by atoms with van der Waals surface area (Å²) >= 11 is 0. The zero-order valence-electron chi connectivity index (χ0n) is 14.6. The predicted molar refractivity (Wildman–Crippen MR) is 94.6 cm³/mol. The van der Waals surface area contributed by atoms with Crippen molar-refractivity contribution in [3.05, 3.63) is 47.9 Å². The van der Waals surface area contributed by atoms with Crippen LogP contribution in [0.4, 0.5) is 5.82 Å². The van der Waals surface area contributed by atoms with Crippen LogP contribution >= 0.6 is 0 Å². The molecule has 1 saturated heterocycles. The number of aromatic nitrogens is 3. The fourth-order valence-electron chi connectivity index (χ4n) is 2.87. The van der Waals surface area contributed by atoms with E-state index in [2.05, 4.69) is 21.2 Å². The van der Waals surface area contributed by atoms with E-state index in [0.29, 0.717) is 25.3 Å². The summed E-state index contributed by atoms with van der Waals surface area (Å²) < 4.78 is 5.85. The molecule has 0 spiro atoms. The van der Waals surface area contributed by atoms with Crippen LogP contribution in [-0.4, -0.2) is 65.9 Å². The number of rotatable bonds is 5. The molecule has 25 heavy (non-hydrogen) atoms. The van der Waals surface area contributed by atoms with Crippen molar-refractivity contribution < 1.29 is 9.53 Å². The molecular weight excluding hydrogens is 318 g/mol. The number of aryl methyl sites for hydroxylation is 1. The zero-order valence-corrected chi connectivity index (χ0v) is 14.6. The number of ether oxygens (including phenoxy) is 1. The molecule has 0 radical (unpaired) electrons. The van der Waals surface area contributed by atoms with Crippen molar-refractivity contribution >= 4 is 11.7 Å². The standard InChI is InChI=1S/C18H23N5O2/c1-22(2)17-11-14(5-7-19-17)3-4-16-13-23(9-10-25-16)18(24)15-6-8-20-21-12-15/h5-8,11-12,16H,3-4,9-10,13H2,1-2H3/t16-/m0/s1. The molecule has 0 N–H and O–H groups in total. The number of hydrogen-bond donors (Lipinski definition) is 0. The van der Waals surface area contributed by atoms with E-state index in [1.165, 1.54) is 18.0 Å². The van der Waals surface area contributed by atoms with Crippen LogP contribution in [0.3, 0.4) is 0 Å². The Kier molecular flexibility index (Phi) is 5.55. The fourth-order valence-corrected chi connectivity index (χ4v) is 2.87. The van der Waals surface area contributed by atoms with Gasteiger partial charge in [-0.25, -0.2) is 4.98 Å². The summed E-state index contributed by atoms with van der Waals surface area (Å²) in [4.78, 5) is 20.7. The average Bonchev–Trinajstić information content (AvgIpc) is 2.67. The first-order valence-corrected chi connectivity index (χ1v) is 8.43. The smallest absolute Gasteiger partial charge is 0.255 e. The molecule has 1 aliphatic heterocycles. The first kappa shape index (κ1) is 17.3. The quantitative estimate of drug-likeness (QED) is 0.819. The van der Waals surface area contributed by atoms with Crippen LogP contribution in [0.1, 0.15) is 22.3 Å². The zero-order chi connectivity index (χ0) is 17.6. The Hall–Kier alpha value is -2.54. The van der Waals surface area contributed by atoms with Gasteiger partial charge in [0, 0.05) is 33.4 Å². The van der Waals surface area contributed by atoms with Gasteiger partial charge in [-0.1, -0.05) is 0 Å². The van der Waals surface area contributed by atoms with Crippen molar-refractivity contribution in [1.29, 1.82) is 0 Å². The van der Waals surface area contributed by atoms with Crippen molar-refractivity contribution in [3.8, 4) is 0 Å². The van der Waals surface area contributed by atoms with E-state index in [1.807, 2.05) is 36.2 Å². The van der Waals surface area contributed by atoms with Crippen LogP contribution in [0.25, 0.3) is 0 Å². The lowest BCUT2D eigenvalue weighted by Crippen LogP contribution is -2.45. The number of nitrogens with zero attached hydrogens (tertiary/aromatic N) is 5. The van der Waals surface area contributed by atoms with Gasteiger partial charge < -0.3 is 14.5 Å². The van der Waals surface area contributed by atoms with Crippen molar-refractivity contribution in [2.75, 3.05) is 38.7 Å². The monoisotopic (exact) mass is 341 g/mol. The largest absolute Gasteiger partial charge is 0.375 e. The van der Waals surface area contributed by atoms with E-state index in [1.54, 1.807) is 6.07 Å². The first-order chi connectivity index (χ1) is 12.1. The normalized spacial score (nSPS) is 17.4. The van der Waals surface area contributed by atoms with Gasteiger partial charge in [-0.05, 0) is 36.6 Å². The molecule has 2 aromatic rings. The van der Waals surface area contributed by atoms with Crippen molar-refractivity contribution in [2.45, 2.75) is 18.9 Å². The lowest BCUT2D eigenvalue weighted by Gasteiger charge is -2.33. The Bertz CT molecular complexity index is 708. The maximum atomic E-state index is 12.5. The summed E-state index contributed by atoms with van der Waals surface area (Å²) in [6, 6.07) is 5.81. The molecule has 1 fully saturated rings. The number of carbonyl (C=O) groups excluding carboxylic acids is 1. The summed E-state index contributed by atoms with van der Waals surface area (Å²) in [5, 5.41) is 7.50. The lowest BCUT2D eigenvalue weighted by molar-refractivity contribution is -0.0246. The Morgan fingerprint density at radius 1 is 1.32 bits per heavy atom. The molecule has 2 aromatic heterocycles. The predicted octanol–water partition coefficient (Wildman–Crippen LogP) is 1.41. The molecule has 0 unspecified atom stereocenters. The molecule has 0 aliphatic carbocycles. The Balaban J connectivity index is 1.57. The van der Waals surface area contributed by atoms with Gasteiger partial charge in [0.05, 0.1) is 30.7 Å². The molecule has 7 nitrogen and oxygen atoms in total. The van der Waals surface area contributed by atoms with Gasteiger partial charge in [0.1, 0.15) is 5.82 Å². The summed E-state index contributed by atoms with van der Waals surface area (Å²) in [7, 11) is 3.96. The lowest BCUT2D eigenvalue weighted by atomic mass is 10.1. The van der Waals surface area contributed by atoms with E-state index in [-0.39, 0.29) is 12.0 Å². The molecule has 3 rings (SSSR count). The molecule has 0 saturated carbocycles. The highest BCUT2D eigenvalue weighted by Crippen LogP contribution is 2.16. The maximum Gasteiger partial charge on any atom is 0.255 e. The highest BCUT2D eigenvalue weighted by molar-refractivity contribution is 5.93. The Morgan fingerprint density at radius 2 is 2.20 bits per heavy atom. The van der Waals surface area contributed by atoms with E-state index in [4.69, 9.17) is 4.74 Å². The van der Waals surface area contributed by atoms with Crippen molar-refractivity contribution in [1.82, 2.24) is 20.1 Å². The van der Waals surface area contributed by atoms with E-state index in [9.17, 15) is 4.79 Å². The van der Waals surface area contributed by atoms with Crippen LogP contribution in [0.15, 0.2) is 36.8 Å². The molecule has 1 amide bonds. The van der Waals surface area contributed by atoms with Gasteiger partial charge in [-0.15, -0.1) is 0 Å². The second-order valence-corrected chi connectivity index (χ2v) is 6.33. The molecule has 0 aromatic carbocycles. The number of pyridine rings is 1. The second kappa shape index (κ2) is 8.02. The molecule has 0 bridgehead atoms. The molecular formula is C18H23N5O2. The number of carbonyl (C=O) groups is 1. The third-order valence-corrected chi connectivity index (χ3v) is 4.28. The fraction of sp³-hybridized carbons (Fsp3) is 0.444. The minimum Gasteiger partial charge on any atom is -0.375 e. The Morgan fingerprint density at radius 3 is 2.96 bits per heavy atom. The third kappa shape index (κ3) is 4.51. The van der Waals surface area contributed by atoms with Crippen LogP contribution in [0.5, 0.6) is 0 Å². The van der Waals surface area contributed by atoms with Gasteiger partial charge in [0.2, 0.25) is 0 Å². The highest BCUT2D eigenvalue weighted by atomic mass is 16.5. The first-order valence-electron chi connectivity index (χ1n) is 8.43. The summed E-state index contributed by atoms with van der Waals surface area (Å²) in [5.41, 5.74) is 1.80. The topological polar surface area (TPSA) is 71.5 Å². The summed E-state index contributed by atoms with van der Waals surface area (Å²) in [6.07, 6.45) is 6.69. The molecule has 132 valence electrons. The average molecular weight is 341 g/mol. The van der Waals surface area contributed by atoms with Crippen molar-refractivity contribution in [2.24, 2.45) is 0 Å². The van der Waals surface area contributed by atoms with Crippen LogP contribution < -0.4 is 4.90 Å². The minimum absolute atomic E-state index is 0.0120. The molecule has 7 heteroatoms. The van der Waals surface area contributed by atoms with Crippen molar-refractivity contribution in [3.63, 3.8) is 0 Å². The van der Waals surface area contributed by atoms with Crippen LogP contribution in [0, 0.1) is 0 Å². The summed E-state index contributed by atoms with van der Waals surface area (Å²) in [6.45, 7) is 1.78. The number of morpholine rings is 1.